The fourth-order valence-corrected chi connectivity index (χ4v) is 0.916. The van der Waals surface area contributed by atoms with Crippen LogP contribution in [0.5, 0.6) is 0 Å². The average Bonchev–Trinajstić information content (AvgIpc) is 2.26. The van der Waals surface area contributed by atoms with Gasteiger partial charge in [-0.15, -0.1) is 0 Å². The van der Waals surface area contributed by atoms with E-state index in [1.165, 1.54) is 13.3 Å². The number of aromatic nitrogens is 1. The van der Waals surface area contributed by atoms with Crippen LogP contribution in [-0.4, -0.2) is 30.5 Å². The molecule has 0 aromatic carbocycles. The molecule has 15 heavy (non-hydrogen) atoms. The third-order valence-corrected chi connectivity index (χ3v) is 1.67. The fraction of sp³-hybridized carbons (Fsp3) is 0.222. The van der Waals surface area contributed by atoms with E-state index in [1.54, 1.807) is 12.1 Å². The predicted molar refractivity (Wildman–Crippen MR) is 53.0 cm³/mol. The maximum absolute atomic E-state index is 11.4. The molecule has 1 aromatic rings. The smallest absolute Gasteiger partial charge is 0.325 e. The van der Waals surface area contributed by atoms with Crippen molar-refractivity contribution in [2.45, 2.75) is 0 Å². The number of nitrogen functional groups attached to an aromatic ring is 1. The number of amides is 1. The summed E-state index contributed by atoms with van der Waals surface area (Å²) >= 11 is 0. The molecule has 0 aliphatic heterocycles. The molecule has 1 rings (SSSR count). The molecule has 6 heteroatoms. The van der Waals surface area contributed by atoms with Gasteiger partial charge in [0.1, 0.15) is 6.54 Å². The topological polar surface area (TPSA) is 94.3 Å². The molecule has 0 fully saturated rings. The van der Waals surface area contributed by atoms with Crippen LogP contribution in [0, 0.1) is 0 Å². The second kappa shape index (κ2) is 4.94. The lowest BCUT2D eigenvalue weighted by Crippen LogP contribution is -2.31. The highest BCUT2D eigenvalue weighted by molar-refractivity contribution is 5.98. The number of methoxy groups -OCH3 is 1. The molecular weight excluding hydrogens is 198 g/mol. The summed E-state index contributed by atoms with van der Waals surface area (Å²) in [5.41, 5.74) is 5.88. The van der Waals surface area contributed by atoms with E-state index < -0.39 is 11.9 Å². The van der Waals surface area contributed by atoms with E-state index >= 15 is 0 Å². The predicted octanol–water partition coefficient (Wildman–Crippen LogP) is -0.433. The highest BCUT2D eigenvalue weighted by atomic mass is 16.5. The summed E-state index contributed by atoms with van der Waals surface area (Å²) in [5, 5.41) is 2.33. The number of nitrogens with one attached hydrogen (secondary N) is 1. The number of hydrogen-bond donors (Lipinski definition) is 2. The van der Waals surface area contributed by atoms with Gasteiger partial charge in [0, 0.05) is 6.20 Å². The van der Waals surface area contributed by atoms with Crippen molar-refractivity contribution in [3.63, 3.8) is 0 Å². The van der Waals surface area contributed by atoms with Crippen LogP contribution < -0.4 is 11.1 Å². The van der Waals surface area contributed by atoms with Crippen LogP contribution in [0.3, 0.4) is 0 Å². The van der Waals surface area contributed by atoms with Gasteiger partial charge < -0.3 is 15.8 Å². The summed E-state index contributed by atoms with van der Waals surface area (Å²) in [6.07, 6.45) is 1.45. The zero-order valence-corrected chi connectivity index (χ0v) is 8.19. The van der Waals surface area contributed by atoms with Gasteiger partial charge in [0.05, 0.1) is 12.8 Å². The molecule has 1 heterocycles. The zero-order valence-electron chi connectivity index (χ0n) is 8.19. The van der Waals surface area contributed by atoms with Crippen molar-refractivity contribution < 1.29 is 14.3 Å². The number of nitrogens with zero attached hydrogens (tertiary/aromatic N) is 1. The largest absolute Gasteiger partial charge is 0.468 e. The minimum absolute atomic E-state index is 0.0985. The summed E-state index contributed by atoms with van der Waals surface area (Å²) < 4.78 is 4.36. The van der Waals surface area contributed by atoms with Gasteiger partial charge >= 0.3 is 5.97 Å². The minimum atomic E-state index is -0.530. The Morgan fingerprint density at radius 1 is 1.60 bits per heavy atom. The molecule has 0 bridgehead atoms. The first-order chi connectivity index (χ1) is 7.15. The van der Waals surface area contributed by atoms with Crippen LogP contribution in [0.15, 0.2) is 18.3 Å². The molecule has 0 spiro atoms. The molecule has 0 unspecified atom stereocenters. The van der Waals surface area contributed by atoms with Crippen molar-refractivity contribution in [1.82, 2.24) is 10.3 Å². The Bertz CT molecular complexity index is 379. The van der Waals surface area contributed by atoms with E-state index in [-0.39, 0.29) is 17.9 Å². The maximum Gasteiger partial charge on any atom is 0.325 e. The van der Waals surface area contributed by atoms with Crippen molar-refractivity contribution in [2.75, 3.05) is 19.4 Å². The second-order valence-electron chi connectivity index (χ2n) is 2.70. The van der Waals surface area contributed by atoms with Crippen LogP contribution in [0.25, 0.3) is 0 Å². The van der Waals surface area contributed by atoms with Gasteiger partial charge in [0.2, 0.25) is 0 Å². The number of pyridine rings is 1. The molecule has 0 aliphatic carbocycles. The lowest BCUT2D eigenvalue weighted by Gasteiger charge is -2.04. The van der Waals surface area contributed by atoms with Crippen LogP contribution in [0.4, 0.5) is 5.69 Å². The Kier molecular flexibility index (Phi) is 3.61. The fourth-order valence-electron chi connectivity index (χ4n) is 0.916. The van der Waals surface area contributed by atoms with Crippen LogP contribution in [-0.2, 0) is 9.53 Å². The Morgan fingerprint density at radius 3 is 2.93 bits per heavy atom. The number of rotatable bonds is 3. The third kappa shape index (κ3) is 2.94. The summed E-state index contributed by atoms with van der Waals surface area (Å²) in [7, 11) is 1.24. The molecule has 0 saturated carbocycles. The SMILES string of the molecule is COC(=O)CNC(=O)c1ncccc1N. The number of ether oxygens (including phenoxy) is 1. The first-order valence-corrected chi connectivity index (χ1v) is 4.20. The average molecular weight is 209 g/mol. The highest BCUT2D eigenvalue weighted by Crippen LogP contribution is 2.05. The van der Waals surface area contributed by atoms with E-state index in [0.717, 1.165) is 0 Å². The van der Waals surface area contributed by atoms with E-state index in [1.807, 2.05) is 0 Å². The van der Waals surface area contributed by atoms with E-state index in [4.69, 9.17) is 5.73 Å². The number of anilines is 1. The molecular formula is C9H11N3O3. The number of nitrogens with two attached hydrogens (primary N) is 1. The number of carbonyl (C=O) groups excluding carboxylic acids is 2. The quantitative estimate of drug-likeness (QED) is 0.658. The van der Waals surface area contributed by atoms with Gasteiger partial charge in [-0.25, -0.2) is 4.98 Å². The summed E-state index contributed by atoms with van der Waals surface area (Å²) in [5.74, 6) is -1.03. The molecule has 0 atom stereocenters. The Balaban J connectivity index is 2.62. The molecule has 1 amide bonds. The monoisotopic (exact) mass is 209 g/mol. The Morgan fingerprint density at radius 2 is 2.33 bits per heavy atom. The number of hydrogen-bond acceptors (Lipinski definition) is 5. The van der Waals surface area contributed by atoms with Gasteiger partial charge in [0.15, 0.2) is 5.69 Å². The molecule has 6 nitrogen and oxygen atoms in total. The second-order valence-corrected chi connectivity index (χ2v) is 2.70. The summed E-state index contributed by atoms with van der Waals surface area (Å²) in [6.45, 7) is -0.203. The maximum atomic E-state index is 11.4. The van der Waals surface area contributed by atoms with Gasteiger partial charge in [-0.05, 0) is 12.1 Å². The van der Waals surface area contributed by atoms with Crippen molar-refractivity contribution in [1.29, 1.82) is 0 Å². The van der Waals surface area contributed by atoms with Crippen molar-refractivity contribution in [3.8, 4) is 0 Å². The molecule has 80 valence electrons. The van der Waals surface area contributed by atoms with Crippen LogP contribution in [0.1, 0.15) is 10.5 Å². The zero-order chi connectivity index (χ0) is 11.3. The normalized spacial score (nSPS) is 9.40. The van der Waals surface area contributed by atoms with E-state index in [0.29, 0.717) is 0 Å². The van der Waals surface area contributed by atoms with E-state index in [9.17, 15) is 9.59 Å². The van der Waals surface area contributed by atoms with Crippen molar-refractivity contribution in [2.24, 2.45) is 0 Å². The van der Waals surface area contributed by atoms with Crippen molar-refractivity contribution >= 4 is 17.6 Å². The third-order valence-electron chi connectivity index (χ3n) is 1.67. The van der Waals surface area contributed by atoms with Gasteiger partial charge in [0.25, 0.3) is 5.91 Å². The number of carbonyl (C=O) groups is 2. The number of esters is 1. The summed E-state index contributed by atoms with van der Waals surface area (Å²) in [4.78, 5) is 26.0. The molecule has 0 saturated heterocycles. The van der Waals surface area contributed by atoms with Gasteiger partial charge in [-0.2, -0.15) is 0 Å². The Labute approximate surface area is 86.4 Å². The molecule has 3 N–H and O–H groups in total. The minimum Gasteiger partial charge on any atom is -0.468 e. The summed E-state index contributed by atoms with van der Waals surface area (Å²) in [6, 6.07) is 3.17. The molecule has 0 radical (unpaired) electrons. The van der Waals surface area contributed by atoms with Crippen LogP contribution in [0.2, 0.25) is 0 Å². The van der Waals surface area contributed by atoms with Gasteiger partial charge in [-0.3, -0.25) is 9.59 Å². The van der Waals surface area contributed by atoms with Crippen LogP contribution >= 0.6 is 0 Å². The lowest BCUT2D eigenvalue weighted by molar-refractivity contribution is -0.139. The first kappa shape index (κ1) is 11.0. The van der Waals surface area contributed by atoms with Gasteiger partial charge in [-0.1, -0.05) is 0 Å². The first-order valence-electron chi connectivity index (χ1n) is 4.20. The van der Waals surface area contributed by atoms with E-state index in [2.05, 4.69) is 15.0 Å². The molecule has 1 aromatic heterocycles. The highest BCUT2D eigenvalue weighted by Gasteiger charge is 2.11. The Hall–Kier alpha value is -2.11. The standard InChI is InChI=1S/C9H11N3O3/c1-15-7(13)5-12-9(14)8-6(10)3-2-4-11-8/h2-4H,5,10H2,1H3,(H,12,14). The lowest BCUT2D eigenvalue weighted by atomic mass is 10.3. The van der Waals surface area contributed by atoms with Crippen molar-refractivity contribution in [3.05, 3.63) is 24.0 Å². The molecule has 0 aliphatic rings.